The van der Waals surface area contributed by atoms with Crippen LogP contribution < -0.4 is 0 Å². The van der Waals surface area contributed by atoms with Crippen molar-refractivity contribution in [1.29, 1.82) is 0 Å². The number of ketones is 1. The van der Waals surface area contributed by atoms with Crippen molar-refractivity contribution in [2.24, 2.45) is 23.7 Å². The van der Waals surface area contributed by atoms with Crippen LogP contribution in [0.4, 0.5) is 0 Å². The SMILES string of the molecule is C[C@@H]1C[C@H]2CC(=O)[C@@H]3C[C@H]2[C@H](C1)N(C)C3=O. The molecule has 16 heavy (non-hydrogen) atoms. The molecule has 0 aromatic rings. The van der Waals surface area contributed by atoms with E-state index in [9.17, 15) is 9.59 Å². The van der Waals surface area contributed by atoms with Gasteiger partial charge in [0, 0.05) is 19.5 Å². The van der Waals surface area contributed by atoms with E-state index in [4.69, 9.17) is 0 Å². The molecule has 3 rings (SSSR count). The molecule has 0 aromatic carbocycles. The van der Waals surface area contributed by atoms with E-state index in [1.54, 1.807) is 0 Å². The third kappa shape index (κ3) is 1.26. The Morgan fingerprint density at radius 2 is 1.94 bits per heavy atom. The van der Waals surface area contributed by atoms with Crippen LogP contribution in [0.5, 0.6) is 0 Å². The van der Waals surface area contributed by atoms with E-state index in [2.05, 4.69) is 6.92 Å². The van der Waals surface area contributed by atoms with Crippen molar-refractivity contribution in [3.8, 4) is 0 Å². The van der Waals surface area contributed by atoms with Crippen molar-refractivity contribution < 1.29 is 9.59 Å². The molecule has 3 fully saturated rings. The molecule has 88 valence electrons. The number of amides is 1. The third-order valence-electron chi connectivity index (χ3n) is 4.95. The molecule has 1 aliphatic heterocycles. The van der Waals surface area contributed by atoms with Crippen LogP contribution in [0.1, 0.15) is 32.6 Å². The molecule has 1 saturated heterocycles. The van der Waals surface area contributed by atoms with E-state index in [0.717, 1.165) is 12.8 Å². The lowest BCUT2D eigenvalue weighted by Crippen LogP contribution is -2.59. The summed E-state index contributed by atoms with van der Waals surface area (Å²) in [6.45, 7) is 2.25. The zero-order chi connectivity index (χ0) is 11.4. The van der Waals surface area contributed by atoms with Gasteiger partial charge in [0.2, 0.25) is 5.91 Å². The lowest BCUT2D eigenvalue weighted by molar-refractivity contribution is -0.158. The molecule has 0 N–H and O–H groups in total. The Balaban J connectivity index is 1.97. The van der Waals surface area contributed by atoms with Gasteiger partial charge in [0.25, 0.3) is 0 Å². The lowest BCUT2D eigenvalue weighted by atomic mass is 9.60. The van der Waals surface area contributed by atoms with Gasteiger partial charge in [-0.1, -0.05) is 6.92 Å². The summed E-state index contributed by atoms with van der Waals surface area (Å²) in [6.07, 6.45) is 3.81. The molecule has 2 aliphatic carbocycles. The standard InChI is InChI=1S/C13H19NO2/c1-7-3-8-5-12(15)10-6-9(8)11(4-7)14(2)13(10)16/h7-11H,3-6H2,1-2H3/t7-,8+,9-,10+,11+/m1/s1. The van der Waals surface area contributed by atoms with Crippen LogP contribution in [-0.4, -0.2) is 29.7 Å². The Kier molecular flexibility index (Phi) is 2.13. The van der Waals surface area contributed by atoms with Crippen LogP contribution in [0.3, 0.4) is 0 Å². The van der Waals surface area contributed by atoms with Crippen molar-refractivity contribution in [3.63, 3.8) is 0 Å². The van der Waals surface area contributed by atoms with E-state index in [1.165, 1.54) is 6.42 Å². The molecule has 0 unspecified atom stereocenters. The normalized spacial score (nSPS) is 47.1. The fraction of sp³-hybridized carbons (Fsp3) is 0.846. The number of Topliss-reactive ketones (excluding diaryl/α,β-unsaturated/α-hetero) is 1. The molecule has 2 bridgehead atoms. The Bertz CT molecular complexity index is 352. The van der Waals surface area contributed by atoms with Gasteiger partial charge in [0.05, 0.1) is 5.92 Å². The molecule has 0 aromatic heterocycles. The summed E-state index contributed by atoms with van der Waals surface area (Å²) in [4.78, 5) is 25.9. The minimum Gasteiger partial charge on any atom is -0.342 e. The summed E-state index contributed by atoms with van der Waals surface area (Å²) in [7, 11) is 1.89. The summed E-state index contributed by atoms with van der Waals surface area (Å²) in [6, 6.07) is 0.408. The maximum atomic E-state index is 12.1. The first-order valence-corrected chi connectivity index (χ1v) is 6.37. The molecule has 5 atom stereocenters. The highest BCUT2D eigenvalue weighted by Crippen LogP contribution is 2.48. The van der Waals surface area contributed by atoms with E-state index in [-0.39, 0.29) is 17.6 Å². The number of nitrogens with zero attached hydrogens (tertiary/aromatic N) is 1. The average Bonchev–Trinajstić information content (AvgIpc) is 2.24. The molecule has 3 aliphatic rings. The molecule has 2 saturated carbocycles. The Labute approximate surface area is 96.2 Å². The highest BCUT2D eigenvalue weighted by Gasteiger charge is 2.52. The van der Waals surface area contributed by atoms with E-state index >= 15 is 0 Å². The van der Waals surface area contributed by atoms with Crippen LogP contribution in [0.15, 0.2) is 0 Å². The van der Waals surface area contributed by atoms with Crippen molar-refractivity contribution in [3.05, 3.63) is 0 Å². The Morgan fingerprint density at radius 1 is 1.19 bits per heavy atom. The molecule has 0 radical (unpaired) electrons. The molecule has 0 spiro atoms. The molecule has 1 heterocycles. The van der Waals surface area contributed by atoms with Gasteiger partial charge in [-0.05, 0) is 37.0 Å². The first kappa shape index (κ1) is 10.3. The largest absolute Gasteiger partial charge is 0.342 e. The van der Waals surface area contributed by atoms with Crippen molar-refractivity contribution in [2.45, 2.75) is 38.6 Å². The number of fused-ring (bicyclic) bond motifs is 1. The van der Waals surface area contributed by atoms with E-state index < -0.39 is 0 Å². The summed E-state index contributed by atoms with van der Waals surface area (Å²) in [5.74, 6) is 1.79. The Hall–Kier alpha value is -0.860. The second-order valence-electron chi connectivity index (χ2n) is 5.98. The van der Waals surface area contributed by atoms with Crippen LogP contribution in [0.2, 0.25) is 0 Å². The topological polar surface area (TPSA) is 37.4 Å². The highest BCUT2D eigenvalue weighted by atomic mass is 16.2. The third-order valence-corrected chi connectivity index (χ3v) is 4.95. The number of carbonyl (C=O) groups is 2. The first-order chi connectivity index (χ1) is 7.58. The summed E-state index contributed by atoms with van der Waals surface area (Å²) in [5, 5.41) is 0. The number of hydrogen-bond donors (Lipinski definition) is 0. The van der Waals surface area contributed by atoms with Crippen molar-refractivity contribution in [2.75, 3.05) is 7.05 Å². The fourth-order valence-electron chi connectivity index (χ4n) is 4.17. The molecular formula is C13H19NO2. The molecule has 1 amide bonds. The van der Waals surface area contributed by atoms with Gasteiger partial charge in [-0.25, -0.2) is 0 Å². The number of carbonyl (C=O) groups excluding carboxylic acids is 2. The predicted molar refractivity (Wildman–Crippen MR) is 59.7 cm³/mol. The van der Waals surface area contributed by atoms with Crippen LogP contribution in [0.25, 0.3) is 0 Å². The van der Waals surface area contributed by atoms with Crippen LogP contribution in [0, 0.1) is 23.7 Å². The average molecular weight is 221 g/mol. The van der Waals surface area contributed by atoms with Gasteiger partial charge in [0.1, 0.15) is 5.78 Å². The minimum atomic E-state index is -0.295. The second-order valence-corrected chi connectivity index (χ2v) is 5.98. The lowest BCUT2D eigenvalue weighted by Gasteiger charge is -2.52. The monoisotopic (exact) mass is 221 g/mol. The Morgan fingerprint density at radius 3 is 2.69 bits per heavy atom. The zero-order valence-electron chi connectivity index (χ0n) is 9.98. The smallest absolute Gasteiger partial charge is 0.233 e. The number of likely N-dealkylation sites (tertiary alicyclic amines) is 1. The van der Waals surface area contributed by atoms with Gasteiger partial charge in [0.15, 0.2) is 0 Å². The predicted octanol–water partition coefficient (Wildman–Crippen LogP) is 1.47. The van der Waals surface area contributed by atoms with Crippen molar-refractivity contribution in [1.82, 2.24) is 4.90 Å². The molecule has 3 heteroatoms. The first-order valence-electron chi connectivity index (χ1n) is 6.37. The van der Waals surface area contributed by atoms with Gasteiger partial charge < -0.3 is 4.90 Å². The maximum Gasteiger partial charge on any atom is 0.233 e. The van der Waals surface area contributed by atoms with Crippen molar-refractivity contribution >= 4 is 11.7 Å². The summed E-state index contributed by atoms with van der Waals surface area (Å²) < 4.78 is 0. The van der Waals surface area contributed by atoms with Gasteiger partial charge in [-0.3, -0.25) is 9.59 Å². The number of hydrogen-bond acceptors (Lipinski definition) is 2. The summed E-state index contributed by atoms with van der Waals surface area (Å²) in [5.41, 5.74) is 0. The van der Waals surface area contributed by atoms with Crippen LogP contribution in [-0.2, 0) is 9.59 Å². The maximum absolute atomic E-state index is 12.1. The zero-order valence-corrected chi connectivity index (χ0v) is 9.98. The second kappa shape index (κ2) is 3.31. The fourth-order valence-corrected chi connectivity index (χ4v) is 4.17. The number of rotatable bonds is 0. The molecular weight excluding hydrogens is 202 g/mol. The minimum absolute atomic E-state index is 0.0822. The quantitative estimate of drug-likeness (QED) is 0.581. The van der Waals surface area contributed by atoms with Gasteiger partial charge >= 0.3 is 0 Å². The van der Waals surface area contributed by atoms with E-state index in [0.29, 0.717) is 30.2 Å². The van der Waals surface area contributed by atoms with Crippen LogP contribution >= 0.6 is 0 Å². The van der Waals surface area contributed by atoms with Gasteiger partial charge in [-0.15, -0.1) is 0 Å². The molecule has 3 nitrogen and oxygen atoms in total. The van der Waals surface area contributed by atoms with Gasteiger partial charge in [-0.2, -0.15) is 0 Å². The number of piperidine rings is 1. The highest BCUT2D eigenvalue weighted by molar-refractivity contribution is 6.02. The van der Waals surface area contributed by atoms with E-state index in [1.807, 2.05) is 11.9 Å². The summed E-state index contributed by atoms with van der Waals surface area (Å²) >= 11 is 0.